The van der Waals surface area contributed by atoms with E-state index in [-0.39, 0.29) is 39.5 Å². The van der Waals surface area contributed by atoms with E-state index in [1.165, 1.54) is 48.6 Å². The van der Waals surface area contributed by atoms with Crippen molar-refractivity contribution in [3.63, 3.8) is 0 Å². The fraction of sp³-hybridized carbons (Fsp3) is 0.226. The zero-order valence-electron chi connectivity index (χ0n) is 23.0. The number of benzene rings is 3. The van der Waals surface area contributed by atoms with Crippen LogP contribution in [0.5, 0.6) is 11.5 Å². The number of thioether (sulfide) groups is 1. The molecule has 44 heavy (non-hydrogen) atoms. The van der Waals surface area contributed by atoms with Crippen molar-refractivity contribution in [1.29, 1.82) is 0 Å². The van der Waals surface area contributed by atoms with E-state index in [0.717, 1.165) is 18.2 Å². The van der Waals surface area contributed by atoms with Gasteiger partial charge >= 0.3 is 12.5 Å². The van der Waals surface area contributed by atoms with Gasteiger partial charge in [-0.1, -0.05) is 47.6 Å². The number of rotatable bonds is 6. The molecule has 1 unspecified atom stereocenters. The van der Waals surface area contributed by atoms with Crippen molar-refractivity contribution in [2.24, 2.45) is 5.16 Å². The number of pyridine rings is 1. The van der Waals surface area contributed by atoms with Crippen LogP contribution in [0.4, 0.5) is 26.3 Å². The van der Waals surface area contributed by atoms with E-state index in [1.54, 1.807) is 30.3 Å². The van der Waals surface area contributed by atoms with E-state index in [4.69, 9.17) is 4.84 Å². The van der Waals surface area contributed by atoms with Crippen LogP contribution in [0.2, 0.25) is 0 Å². The number of ether oxygens (including phenoxy) is 2. The highest BCUT2D eigenvalue weighted by Gasteiger charge is 2.44. The average molecular weight is 633 g/mol. The minimum Gasteiger partial charge on any atom is -0.399 e. The SMILES string of the molecule is CON=C(c1ccccc1)C1CSc2c(Cc3c(F)cccc3C(F)(F)F)c(C)c(-c3ccc4c(c3)OC(F)(F)O4)c(=O)n21. The van der Waals surface area contributed by atoms with E-state index in [2.05, 4.69) is 14.6 Å². The molecule has 1 atom stereocenters. The summed E-state index contributed by atoms with van der Waals surface area (Å²) in [4.78, 5) is 19.5. The maximum absolute atomic E-state index is 15.1. The van der Waals surface area contributed by atoms with Crippen LogP contribution in [0.15, 0.2) is 81.7 Å². The Balaban J connectivity index is 1.60. The van der Waals surface area contributed by atoms with Crippen LogP contribution in [-0.2, 0) is 17.4 Å². The summed E-state index contributed by atoms with van der Waals surface area (Å²) in [6.45, 7) is 1.54. The highest BCUT2D eigenvalue weighted by atomic mass is 32.2. The molecule has 3 aromatic carbocycles. The normalized spacial score (nSPS) is 17.1. The molecular formula is C31H22F6N2O4S. The molecule has 1 aromatic heterocycles. The summed E-state index contributed by atoms with van der Waals surface area (Å²) < 4.78 is 95.2. The Kier molecular flexibility index (Phi) is 7.39. The molecule has 0 bridgehead atoms. The van der Waals surface area contributed by atoms with E-state index < -0.39 is 47.4 Å². The zero-order chi connectivity index (χ0) is 31.4. The predicted octanol–water partition coefficient (Wildman–Crippen LogP) is 7.59. The van der Waals surface area contributed by atoms with Crippen molar-refractivity contribution in [3.05, 3.63) is 111 Å². The lowest BCUT2D eigenvalue weighted by molar-refractivity contribution is -0.286. The summed E-state index contributed by atoms with van der Waals surface area (Å²) in [6.07, 6.45) is -9.25. The summed E-state index contributed by atoms with van der Waals surface area (Å²) in [5.74, 6) is -1.35. The van der Waals surface area contributed by atoms with Gasteiger partial charge in [0.2, 0.25) is 0 Å². The number of hydrogen-bond acceptors (Lipinski definition) is 6. The molecule has 3 heterocycles. The van der Waals surface area contributed by atoms with Gasteiger partial charge in [-0.15, -0.1) is 20.5 Å². The van der Waals surface area contributed by atoms with Crippen molar-refractivity contribution in [2.45, 2.75) is 36.9 Å². The van der Waals surface area contributed by atoms with Crippen molar-refractivity contribution in [3.8, 4) is 22.6 Å². The maximum Gasteiger partial charge on any atom is 0.586 e. The molecule has 4 aromatic rings. The molecule has 2 aliphatic heterocycles. The molecule has 0 fully saturated rings. The Morgan fingerprint density at radius 1 is 1.05 bits per heavy atom. The second-order valence-electron chi connectivity index (χ2n) is 10.1. The Labute approximate surface area is 250 Å². The topological polar surface area (TPSA) is 62.0 Å². The monoisotopic (exact) mass is 632 g/mol. The standard InChI is InChI=1S/C31H22F6N2O4S/c1-16-19(14-20-21(30(33,34)35)9-6-10-22(20)32)29-39(23(15-44-29)27(38-41-2)17-7-4-3-5-8-17)28(40)26(16)18-11-12-24-25(13-18)43-31(36,37)42-24/h3-13,23H,14-15H2,1-2H3. The van der Waals surface area contributed by atoms with Gasteiger partial charge in [0.25, 0.3) is 5.56 Å². The summed E-state index contributed by atoms with van der Waals surface area (Å²) in [5, 5.41) is 4.53. The average Bonchev–Trinajstić information content (AvgIpc) is 3.54. The van der Waals surface area contributed by atoms with Gasteiger partial charge in [0.1, 0.15) is 18.6 Å². The van der Waals surface area contributed by atoms with Crippen molar-refractivity contribution in [1.82, 2.24) is 4.57 Å². The number of alkyl halides is 5. The molecular weight excluding hydrogens is 610 g/mol. The molecule has 0 aliphatic carbocycles. The molecule has 0 saturated heterocycles. The first-order valence-corrected chi connectivity index (χ1v) is 14.2. The van der Waals surface area contributed by atoms with Gasteiger partial charge in [-0.25, -0.2) is 4.39 Å². The van der Waals surface area contributed by atoms with E-state index in [9.17, 15) is 26.7 Å². The quantitative estimate of drug-likeness (QED) is 0.125. The highest BCUT2D eigenvalue weighted by molar-refractivity contribution is 7.99. The summed E-state index contributed by atoms with van der Waals surface area (Å²) in [7, 11) is 1.35. The van der Waals surface area contributed by atoms with E-state index >= 15 is 4.39 Å². The van der Waals surface area contributed by atoms with Crippen LogP contribution < -0.4 is 15.0 Å². The molecule has 0 amide bonds. The third kappa shape index (κ3) is 5.18. The minimum atomic E-state index is -4.84. The third-order valence-electron chi connectivity index (χ3n) is 7.47. The summed E-state index contributed by atoms with van der Waals surface area (Å²) in [6, 6.07) is 14.7. The molecule has 228 valence electrons. The van der Waals surface area contributed by atoms with Crippen LogP contribution in [0.1, 0.15) is 33.9 Å². The van der Waals surface area contributed by atoms with E-state index in [1.807, 2.05) is 0 Å². The van der Waals surface area contributed by atoms with Crippen LogP contribution in [0.3, 0.4) is 0 Å². The first-order valence-electron chi connectivity index (χ1n) is 13.2. The lowest BCUT2D eigenvalue weighted by Crippen LogP contribution is -2.32. The molecule has 0 radical (unpaired) electrons. The number of fused-ring (bicyclic) bond motifs is 2. The fourth-order valence-corrected chi connectivity index (χ4v) is 6.92. The molecule has 0 saturated carbocycles. The van der Waals surface area contributed by atoms with Gasteiger partial charge in [-0.05, 0) is 47.9 Å². The summed E-state index contributed by atoms with van der Waals surface area (Å²) >= 11 is 1.22. The largest absolute Gasteiger partial charge is 0.586 e. The maximum atomic E-state index is 15.1. The van der Waals surface area contributed by atoms with Crippen molar-refractivity contribution in [2.75, 3.05) is 12.9 Å². The van der Waals surface area contributed by atoms with Crippen LogP contribution in [0, 0.1) is 12.7 Å². The highest BCUT2D eigenvalue weighted by Crippen LogP contribution is 2.45. The lowest BCUT2D eigenvalue weighted by atomic mass is 9.92. The first-order chi connectivity index (χ1) is 20.9. The van der Waals surface area contributed by atoms with Crippen LogP contribution in [0.25, 0.3) is 11.1 Å². The fourth-order valence-electron chi connectivity index (χ4n) is 5.55. The Bertz CT molecular complexity index is 1860. The Morgan fingerprint density at radius 2 is 1.77 bits per heavy atom. The summed E-state index contributed by atoms with van der Waals surface area (Å²) in [5.41, 5.74) is -0.528. The number of halogens is 6. The second-order valence-corrected chi connectivity index (χ2v) is 11.1. The van der Waals surface area contributed by atoms with Crippen LogP contribution >= 0.6 is 11.8 Å². The molecule has 0 spiro atoms. The smallest absolute Gasteiger partial charge is 0.399 e. The molecule has 0 N–H and O–H groups in total. The molecule has 2 aliphatic rings. The Morgan fingerprint density at radius 3 is 2.48 bits per heavy atom. The van der Waals surface area contributed by atoms with Gasteiger partial charge < -0.3 is 14.3 Å². The number of nitrogens with zero attached hydrogens (tertiary/aromatic N) is 2. The van der Waals surface area contributed by atoms with Gasteiger partial charge in [-0.2, -0.15) is 13.2 Å². The lowest BCUT2D eigenvalue weighted by Gasteiger charge is -2.22. The Hall–Kier alpha value is -4.39. The van der Waals surface area contributed by atoms with Crippen molar-refractivity contribution >= 4 is 17.5 Å². The van der Waals surface area contributed by atoms with Gasteiger partial charge in [0.05, 0.1) is 22.2 Å². The third-order valence-corrected chi connectivity index (χ3v) is 8.67. The van der Waals surface area contributed by atoms with E-state index in [0.29, 0.717) is 16.3 Å². The minimum absolute atomic E-state index is 0.0209. The zero-order valence-corrected chi connectivity index (χ0v) is 23.9. The van der Waals surface area contributed by atoms with Crippen molar-refractivity contribution < 1.29 is 40.7 Å². The van der Waals surface area contributed by atoms with Crippen LogP contribution in [-0.4, -0.2) is 29.4 Å². The second kappa shape index (κ2) is 11.0. The molecule has 6 nitrogen and oxygen atoms in total. The first kappa shape index (κ1) is 29.7. The molecule has 6 rings (SSSR count). The van der Waals surface area contributed by atoms with Gasteiger partial charge in [-0.3, -0.25) is 9.36 Å². The number of oxime groups is 1. The van der Waals surface area contributed by atoms with Gasteiger partial charge in [0, 0.05) is 23.3 Å². The predicted molar refractivity (Wildman–Crippen MR) is 151 cm³/mol. The number of aromatic nitrogens is 1. The number of hydrogen-bond donors (Lipinski definition) is 0. The van der Waals surface area contributed by atoms with Gasteiger partial charge in [0.15, 0.2) is 11.5 Å². The molecule has 13 heteroatoms.